The molecule has 1 aromatic heterocycles. The summed E-state index contributed by atoms with van der Waals surface area (Å²) in [7, 11) is 0. The summed E-state index contributed by atoms with van der Waals surface area (Å²) in [6.07, 6.45) is 4.36. The first-order valence-electron chi connectivity index (χ1n) is 11.7. The number of hydrogen-bond donors (Lipinski definition) is 1. The second-order valence-electron chi connectivity index (χ2n) is 9.99. The van der Waals surface area contributed by atoms with Crippen LogP contribution in [0, 0.1) is 5.92 Å². The van der Waals surface area contributed by atoms with Gasteiger partial charge in [-0.2, -0.15) is 10.2 Å². The van der Waals surface area contributed by atoms with Gasteiger partial charge in [0.25, 0.3) is 0 Å². The van der Waals surface area contributed by atoms with Gasteiger partial charge in [0.2, 0.25) is 0 Å². The molecule has 8 nitrogen and oxygen atoms in total. The molecule has 1 aromatic carbocycles. The second-order valence-corrected chi connectivity index (χ2v) is 9.99. The molecular weight excluding hydrogens is 418 g/mol. The molecule has 0 atom stereocenters. The molecule has 0 bridgehead atoms. The topological polar surface area (TPSA) is 87.7 Å². The Labute approximate surface area is 195 Å². The van der Waals surface area contributed by atoms with Gasteiger partial charge in [0.15, 0.2) is 0 Å². The standard InChI is InChI=1S/C25H33N5O3/c1-25(2,3)33-24(32)29-13-10-19(11-14-29)15-18-6-8-21(9-7-18)27-23(31)30-16-20(17-30)22-5-4-12-26-28-22/h4-9,12,19-20H,10-11,13-17H2,1-3H3,(H,27,31). The summed E-state index contributed by atoms with van der Waals surface area (Å²) >= 11 is 0. The Morgan fingerprint density at radius 3 is 2.36 bits per heavy atom. The summed E-state index contributed by atoms with van der Waals surface area (Å²) in [6, 6.07) is 11.8. The lowest BCUT2D eigenvalue weighted by atomic mass is 9.90. The highest BCUT2D eigenvalue weighted by molar-refractivity contribution is 5.90. The van der Waals surface area contributed by atoms with E-state index in [-0.39, 0.29) is 18.0 Å². The number of aromatic nitrogens is 2. The number of amides is 3. The fourth-order valence-electron chi connectivity index (χ4n) is 4.27. The van der Waals surface area contributed by atoms with Crippen molar-refractivity contribution in [1.29, 1.82) is 0 Å². The highest BCUT2D eigenvalue weighted by Gasteiger charge is 2.33. The zero-order chi connectivity index (χ0) is 23.4. The number of nitrogens with one attached hydrogen (secondary N) is 1. The summed E-state index contributed by atoms with van der Waals surface area (Å²) in [5.74, 6) is 0.803. The van der Waals surface area contributed by atoms with Gasteiger partial charge in [-0.15, -0.1) is 0 Å². The van der Waals surface area contributed by atoms with Gasteiger partial charge >= 0.3 is 12.1 Å². The summed E-state index contributed by atoms with van der Waals surface area (Å²) in [6.45, 7) is 8.46. The van der Waals surface area contributed by atoms with Crippen molar-refractivity contribution in [3.8, 4) is 0 Å². The predicted octanol–water partition coefficient (Wildman–Crippen LogP) is 4.30. The van der Waals surface area contributed by atoms with Crippen molar-refractivity contribution < 1.29 is 14.3 Å². The Morgan fingerprint density at radius 1 is 1.06 bits per heavy atom. The van der Waals surface area contributed by atoms with Crippen molar-refractivity contribution in [3.05, 3.63) is 53.9 Å². The number of nitrogens with zero attached hydrogens (tertiary/aromatic N) is 4. The Bertz CT molecular complexity index is 944. The minimum atomic E-state index is -0.459. The first kappa shape index (κ1) is 23.0. The van der Waals surface area contributed by atoms with E-state index >= 15 is 0 Å². The van der Waals surface area contributed by atoms with Crippen LogP contribution in [0.2, 0.25) is 0 Å². The van der Waals surface area contributed by atoms with Crippen molar-refractivity contribution in [2.45, 2.75) is 51.6 Å². The Balaban J connectivity index is 1.19. The van der Waals surface area contributed by atoms with Crippen LogP contribution in [0.25, 0.3) is 0 Å². The number of likely N-dealkylation sites (tertiary alicyclic amines) is 2. The van der Waals surface area contributed by atoms with Gasteiger partial charge in [0, 0.05) is 44.0 Å². The molecule has 2 saturated heterocycles. The smallest absolute Gasteiger partial charge is 0.410 e. The number of anilines is 1. The molecule has 3 amide bonds. The lowest BCUT2D eigenvalue weighted by molar-refractivity contribution is 0.0184. The van der Waals surface area contributed by atoms with E-state index in [1.807, 2.05) is 49.9 Å². The van der Waals surface area contributed by atoms with Gasteiger partial charge in [-0.1, -0.05) is 12.1 Å². The number of piperidine rings is 1. The SMILES string of the molecule is CC(C)(C)OC(=O)N1CCC(Cc2ccc(NC(=O)N3CC(c4cccnn4)C3)cc2)CC1. The molecule has 0 unspecified atom stereocenters. The molecule has 0 radical (unpaired) electrons. The van der Waals surface area contributed by atoms with E-state index in [4.69, 9.17) is 4.74 Å². The predicted molar refractivity (Wildman–Crippen MR) is 126 cm³/mol. The quantitative estimate of drug-likeness (QED) is 0.749. The number of urea groups is 1. The van der Waals surface area contributed by atoms with Crippen LogP contribution >= 0.6 is 0 Å². The van der Waals surface area contributed by atoms with Crippen LogP contribution in [0.4, 0.5) is 15.3 Å². The average Bonchev–Trinajstić information content (AvgIpc) is 2.74. The highest BCUT2D eigenvalue weighted by Crippen LogP contribution is 2.26. The van der Waals surface area contributed by atoms with E-state index in [0.29, 0.717) is 19.0 Å². The second kappa shape index (κ2) is 9.77. The van der Waals surface area contributed by atoms with Crippen LogP contribution < -0.4 is 5.32 Å². The normalized spacial score (nSPS) is 17.4. The van der Waals surface area contributed by atoms with Crippen LogP contribution in [0.15, 0.2) is 42.6 Å². The number of benzene rings is 1. The summed E-state index contributed by atoms with van der Waals surface area (Å²) in [4.78, 5) is 28.3. The molecule has 0 aliphatic carbocycles. The monoisotopic (exact) mass is 451 g/mol. The van der Waals surface area contributed by atoms with Crippen LogP contribution in [0.5, 0.6) is 0 Å². The summed E-state index contributed by atoms with van der Waals surface area (Å²) in [5, 5.41) is 11.0. The fourth-order valence-corrected chi connectivity index (χ4v) is 4.27. The molecule has 3 heterocycles. The van der Waals surface area contributed by atoms with Gasteiger partial charge in [-0.05, 0) is 75.8 Å². The van der Waals surface area contributed by atoms with Gasteiger partial charge < -0.3 is 19.9 Å². The number of carbonyl (C=O) groups is 2. The molecular formula is C25H33N5O3. The third-order valence-electron chi connectivity index (χ3n) is 6.18. The minimum Gasteiger partial charge on any atom is -0.444 e. The van der Waals surface area contributed by atoms with Crippen molar-refractivity contribution in [2.24, 2.45) is 5.92 Å². The molecule has 1 N–H and O–H groups in total. The number of ether oxygens (including phenoxy) is 1. The third kappa shape index (κ3) is 6.21. The van der Waals surface area contributed by atoms with E-state index < -0.39 is 5.60 Å². The van der Waals surface area contributed by atoms with Crippen LogP contribution in [-0.2, 0) is 11.2 Å². The maximum Gasteiger partial charge on any atom is 0.410 e. The Kier molecular flexibility index (Phi) is 6.81. The van der Waals surface area contributed by atoms with Crippen molar-refractivity contribution in [2.75, 3.05) is 31.5 Å². The minimum absolute atomic E-state index is 0.0857. The van der Waals surface area contributed by atoms with Crippen LogP contribution in [0.1, 0.15) is 50.8 Å². The highest BCUT2D eigenvalue weighted by atomic mass is 16.6. The molecule has 33 heavy (non-hydrogen) atoms. The molecule has 2 aliphatic heterocycles. The molecule has 2 aromatic rings. The number of carbonyl (C=O) groups excluding carboxylic acids is 2. The lowest BCUT2D eigenvalue weighted by Gasteiger charge is -2.38. The van der Waals surface area contributed by atoms with E-state index in [0.717, 1.165) is 43.7 Å². The summed E-state index contributed by atoms with van der Waals surface area (Å²) < 4.78 is 5.48. The maximum atomic E-state index is 12.5. The van der Waals surface area contributed by atoms with Crippen molar-refractivity contribution in [1.82, 2.24) is 20.0 Å². The van der Waals surface area contributed by atoms with E-state index in [2.05, 4.69) is 27.6 Å². The third-order valence-corrected chi connectivity index (χ3v) is 6.18. The first-order valence-corrected chi connectivity index (χ1v) is 11.7. The van der Waals surface area contributed by atoms with Gasteiger partial charge in [0.1, 0.15) is 5.60 Å². The molecule has 8 heteroatoms. The molecule has 0 spiro atoms. The number of rotatable bonds is 4. The molecule has 2 fully saturated rings. The average molecular weight is 452 g/mol. The Morgan fingerprint density at radius 2 is 1.76 bits per heavy atom. The molecule has 176 valence electrons. The maximum absolute atomic E-state index is 12.5. The fraction of sp³-hybridized carbons (Fsp3) is 0.520. The Hall–Kier alpha value is -3.16. The largest absolute Gasteiger partial charge is 0.444 e. The van der Waals surface area contributed by atoms with Crippen LogP contribution in [0.3, 0.4) is 0 Å². The van der Waals surface area contributed by atoms with E-state index in [1.165, 1.54) is 5.56 Å². The molecule has 4 rings (SSSR count). The number of hydrogen-bond acceptors (Lipinski definition) is 5. The van der Waals surface area contributed by atoms with E-state index in [1.54, 1.807) is 11.1 Å². The zero-order valence-corrected chi connectivity index (χ0v) is 19.7. The lowest BCUT2D eigenvalue weighted by Crippen LogP contribution is -2.50. The van der Waals surface area contributed by atoms with Gasteiger partial charge in [-0.3, -0.25) is 0 Å². The van der Waals surface area contributed by atoms with Gasteiger partial charge in [0.05, 0.1) is 5.69 Å². The van der Waals surface area contributed by atoms with Crippen LogP contribution in [-0.4, -0.2) is 63.9 Å². The zero-order valence-electron chi connectivity index (χ0n) is 19.7. The molecule has 0 saturated carbocycles. The molecule has 2 aliphatic rings. The summed E-state index contributed by atoms with van der Waals surface area (Å²) in [5.41, 5.74) is 2.52. The van der Waals surface area contributed by atoms with Gasteiger partial charge in [-0.25, -0.2) is 9.59 Å². The van der Waals surface area contributed by atoms with Crippen molar-refractivity contribution >= 4 is 17.8 Å². The van der Waals surface area contributed by atoms with E-state index in [9.17, 15) is 9.59 Å². The first-order chi connectivity index (χ1) is 15.8. The van der Waals surface area contributed by atoms with Crippen molar-refractivity contribution in [3.63, 3.8) is 0 Å².